The van der Waals surface area contributed by atoms with Crippen LogP contribution in [0.5, 0.6) is 0 Å². The van der Waals surface area contributed by atoms with Gasteiger partial charge in [-0.2, -0.15) is 0 Å². The number of unbranched alkanes of at least 4 members (excludes halogenated alkanes) is 1. The lowest BCUT2D eigenvalue weighted by Gasteiger charge is -2.35. The minimum absolute atomic E-state index is 0.0336. The first-order valence-electron chi connectivity index (χ1n) is 12.5. The minimum Gasteiger partial charge on any atom is -0.465 e. The Bertz CT molecular complexity index is 1030. The maximum absolute atomic E-state index is 14.1. The SMILES string of the molecule is O=C1OCCC/C=C\[C@H]2S[C@]34C=CCN(Cc5ccccc5)C(=O)C3N(CCCCO)C(=O)[C@@H]4[C@@H]12. The molecule has 5 rings (SSSR count). The number of rotatable bonds is 6. The second kappa shape index (κ2) is 10.2. The normalized spacial score (nSPS) is 33.2. The van der Waals surface area contributed by atoms with E-state index in [0.717, 1.165) is 18.4 Å². The number of aliphatic hydroxyl groups excluding tert-OH is 1. The average Bonchev–Trinajstić information content (AvgIpc) is 3.27. The molecule has 1 N–H and O–H groups in total. The van der Waals surface area contributed by atoms with Crippen molar-refractivity contribution in [3.05, 3.63) is 60.2 Å². The largest absolute Gasteiger partial charge is 0.465 e. The van der Waals surface area contributed by atoms with E-state index < -0.39 is 22.6 Å². The van der Waals surface area contributed by atoms with Crippen LogP contribution in [0.4, 0.5) is 0 Å². The fraction of sp³-hybridized carbons (Fsp3) is 0.519. The molecule has 4 aliphatic rings. The summed E-state index contributed by atoms with van der Waals surface area (Å²) >= 11 is 1.57. The van der Waals surface area contributed by atoms with Crippen LogP contribution in [0.2, 0.25) is 0 Å². The predicted octanol–water partition coefficient (Wildman–Crippen LogP) is 2.55. The number of thioether (sulfide) groups is 1. The Kier molecular flexibility index (Phi) is 7.02. The number of carbonyl (C=O) groups excluding carboxylic acids is 3. The first-order valence-corrected chi connectivity index (χ1v) is 13.4. The van der Waals surface area contributed by atoms with Gasteiger partial charge in [0.25, 0.3) is 0 Å². The fourth-order valence-corrected chi connectivity index (χ4v) is 7.88. The van der Waals surface area contributed by atoms with E-state index in [1.54, 1.807) is 21.6 Å². The van der Waals surface area contributed by atoms with E-state index in [1.165, 1.54) is 0 Å². The molecule has 1 spiro atoms. The maximum atomic E-state index is 14.1. The molecule has 0 aliphatic carbocycles. The van der Waals surface area contributed by atoms with Crippen molar-refractivity contribution in [3.8, 4) is 0 Å². The zero-order valence-corrected chi connectivity index (χ0v) is 20.6. The topological polar surface area (TPSA) is 87.2 Å². The van der Waals surface area contributed by atoms with Gasteiger partial charge in [0.1, 0.15) is 6.04 Å². The smallest absolute Gasteiger partial charge is 0.311 e. The molecule has 186 valence electrons. The lowest BCUT2D eigenvalue weighted by atomic mass is 9.78. The quantitative estimate of drug-likeness (QED) is 0.370. The summed E-state index contributed by atoms with van der Waals surface area (Å²) in [6.45, 7) is 1.66. The van der Waals surface area contributed by atoms with Crippen LogP contribution in [0, 0.1) is 11.8 Å². The van der Waals surface area contributed by atoms with Gasteiger partial charge in [0.05, 0.1) is 23.2 Å². The van der Waals surface area contributed by atoms with Crippen LogP contribution < -0.4 is 0 Å². The highest BCUT2D eigenvalue weighted by Crippen LogP contribution is 2.60. The second-order valence-corrected chi connectivity index (χ2v) is 11.1. The summed E-state index contributed by atoms with van der Waals surface area (Å²) < 4.78 is 4.76. The Morgan fingerprint density at radius 2 is 1.91 bits per heavy atom. The molecule has 0 bridgehead atoms. The lowest BCUT2D eigenvalue weighted by Crippen LogP contribution is -2.53. The molecule has 1 unspecified atom stereocenters. The number of hydrogen-bond donors (Lipinski definition) is 1. The van der Waals surface area contributed by atoms with Gasteiger partial charge in [-0.25, -0.2) is 0 Å². The van der Waals surface area contributed by atoms with Crippen molar-refractivity contribution in [3.63, 3.8) is 0 Å². The molecule has 8 heteroatoms. The van der Waals surface area contributed by atoms with Gasteiger partial charge in [0.2, 0.25) is 11.8 Å². The Morgan fingerprint density at radius 1 is 1.09 bits per heavy atom. The number of esters is 1. The van der Waals surface area contributed by atoms with Crippen molar-refractivity contribution < 1.29 is 24.2 Å². The van der Waals surface area contributed by atoms with Crippen molar-refractivity contribution >= 4 is 29.5 Å². The Morgan fingerprint density at radius 3 is 2.71 bits per heavy atom. The molecule has 2 fully saturated rings. The highest BCUT2D eigenvalue weighted by molar-refractivity contribution is 8.02. The summed E-state index contributed by atoms with van der Waals surface area (Å²) in [5, 5.41) is 9.10. The van der Waals surface area contributed by atoms with Gasteiger partial charge < -0.3 is 19.6 Å². The first-order chi connectivity index (χ1) is 17.1. The number of cyclic esters (lactones) is 1. The number of amides is 2. The number of benzene rings is 1. The van der Waals surface area contributed by atoms with E-state index in [4.69, 9.17) is 4.74 Å². The minimum atomic E-state index is -0.823. The monoisotopic (exact) mass is 496 g/mol. The molecule has 0 aromatic heterocycles. The van der Waals surface area contributed by atoms with Gasteiger partial charge in [-0.1, -0.05) is 54.6 Å². The first kappa shape index (κ1) is 24.1. The molecule has 0 radical (unpaired) electrons. The van der Waals surface area contributed by atoms with Crippen LogP contribution in [0.15, 0.2) is 54.6 Å². The van der Waals surface area contributed by atoms with Gasteiger partial charge in [-0.15, -0.1) is 11.8 Å². The summed E-state index contributed by atoms with van der Waals surface area (Å²) in [7, 11) is 0. The third-order valence-electron chi connectivity index (χ3n) is 7.46. The molecule has 1 aromatic carbocycles. The molecule has 1 aromatic rings. The second-order valence-electron chi connectivity index (χ2n) is 9.65. The lowest BCUT2D eigenvalue weighted by molar-refractivity contribution is -0.153. The Balaban J connectivity index is 1.54. The third-order valence-corrected chi connectivity index (χ3v) is 9.20. The molecule has 2 saturated heterocycles. The van der Waals surface area contributed by atoms with Crippen molar-refractivity contribution in [1.29, 1.82) is 0 Å². The van der Waals surface area contributed by atoms with E-state index in [1.807, 2.05) is 48.6 Å². The molecular formula is C27H32N2O5S. The number of ether oxygens (including phenoxy) is 1. The van der Waals surface area contributed by atoms with E-state index >= 15 is 0 Å². The van der Waals surface area contributed by atoms with E-state index in [-0.39, 0.29) is 29.6 Å². The van der Waals surface area contributed by atoms with Gasteiger partial charge in [0, 0.05) is 31.5 Å². The van der Waals surface area contributed by atoms with Crippen molar-refractivity contribution in [2.45, 2.75) is 48.3 Å². The van der Waals surface area contributed by atoms with Crippen molar-refractivity contribution in [1.82, 2.24) is 9.80 Å². The van der Waals surface area contributed by atoms with Crippen LogP contribution in [0.1, 0.15) is 31.2 Å². The molecule has 4 heterocycles. The van der Waals surface area contributed by atoms with Crippen molar-refractivity contribution in [2.24, 2.45) is 11.8 Å². The molecule has 35 heavy (non-hydrogen) atoms. The Labute approximate surface area is 210 Å². The molecule has 5 atom stereocenters. The van der Waals surface area contributed by atoms with Crippen LogP contribution in [-0.2, 0) is 25.7 Å². The van der Waals surface area contributed by atoms with Gasteiger partial charge in [-0.3, -0.25) is 14.4 Å². The number of aliphatic hydroxyl groups is 1. The number of nitrogens with zero attached hydrogens (tertiary/aromatic N) is 2. The number of carbonyl (C=O) groups is 3. The summed E-state index contributed by atoms with van der Waals surface area (Å²) in [5.74, 6) is -1.85. The number of hydrogen-bond acceptors (Lipinski definition) is 6. The van der Waals surface area contributed by atoms with Gasteiger partial charge in [0.15, 0.2) is 0 Å². The summed E-state index contributed by atoms with van der Waals surface area (Å²) in [6, 6.07) is 9.15. The third kappa shape index (κ3) is 4.31. The highest BCUT2D eigenvalue weighted by atomic mass is 32.2. The fourth-order valence-electron chi connectivity index (χ4n) is 5.88. The number of fused-ring (bicyclic) bond motifs is 2. The number of allylic oxidation sites excluding steroid dienone is 1. The summed E-state index contributed by atoms with van der Waals surface area (Å²) in [5.41, 5.74) is 1.03. The molecule has 2 amide bonds. The van der Waals surface area contributed by atoms with E-state index in [2.05, 4.69) is 6.08 Å². The zero-order chi connectivity index (χ0) is 24.4. The van der Waals surface area contributed by atoms with Crippen LogP contribution >= 0.6 is 11.8 Å². The van der Waals surface area contributed by atoms with Crippen molar-refractivity contribution in [2.75, 3.05) is 26.3 Å². The summed E-state index contributed by atoms with van der Waals surface area (Å²) in [6.07, 6.45) is 10.9. The zero-order valence-electron chi connectivity index (χ0n) is 19.8. The highest BCUT2D eigenvalue weighted by Gasteiger charge is 2.70. The van der Waals surface area contributed by atoms with Gasteiger partial charge in [-0.05, 0) is 31.2 Å². The standard InChI is InChI=1S/C27H32N2O5S/c30-16-7-6-15-29-23-25(32)28(18-19-10-3-1-4-11-19)14-9-13-27(23)22(24(29)31)21-20(35-27)12-5-2-8-17-34-26(21)33/h1,3-5,9-13,20-23,30H,2,6-8,14-18H2/b12-5-/t20-,21+,22+,23?,27+/m1/s1. The van der Waals surface area contributed by atoms with Crippen LogP contribution in [0.25, 0.3) is 0 Å². The van der Waals surface area contributed by atoms with Crippen LogP contribution in [0.3, 0.4) is 0 Å². The molecule has 7 nitrogen and oxygen atoms in total. The summed E-state index contributed by atoms with van der Waals surface area (Å²) in [4.78, 5) is 44.8. The molecule has 4 aliphatic heterocycles. The van der Waals surface area contributed by atoms with Crippen LogP contribution in [-0.4, -0.2) is 75.0 Å². The predicted molar refractivity (Wildman–Crippen MR) is 133 cm³/mol. The molecular weight excluding hydrogens is 464 g/mol. The Hall–Kier alpha value is -2.58. The number of likely N-dealkylation sites (tertiary alicyclic amines) is 1. The maximum Gasteiger partial charge on any atom is 0.311 e. The molecule has 0 saturated carbocycles. The van der Waals surface area contributed by atoms with Gasteiger partial charge >= 0.3 is 5.97 Å². The van der Waals surface area contributed by atoms with E-state index in [9.17, 15) is 19.5 Å². The van der Waals surface area contributed by atoms with E-state index in [0.29, 0.717) is 39.1 Å². The average molecular weight is 497 g/mol.